The molecule has 4 heterocycles. The van der Waals surface area contributed by atoms with Crippen LogP contribution in [0.5, 0.6) is 0 Å². The van der Waals surface area contributed by atoms with Gasteiger partial charge < -0.3 is 26.2 Å². The highest BCUT2D eigenvalue weighted by Crippen LogP contribution is 2.27. The molecule has 0 aliphatic carbocycles. The number of likely N-dealkylation sites (tertiary alicyclic amines) is 1. The third-order valence-corrected chi connectivity index (χ3v) is 8.82. The van der Waals surface area contributed by atoms with Crippen molar-refractivity contribution in [2.75, 3.05) is 31.1 Å². The van der Waals surface area contributed by atoms with E-state index in [1.54, 1.807) is 0 Å². The zero-order valence-electron chi connectivity index (χ0n) is 22.2. The Labute approximate surface area is 264 Å². The molecule has 0 atom stereocenters. The summed E-state index contributed by atoms with van der Waals surface area (Å²) in [6.45, 7) is 1.72. The zero-order chi connectivity index (χ0) is 29.0. The van der Waals surface area contributed by atoms with Crippen LogP contribution in [0.15, 0.2) is 33.8 Å². The Kier molecular flexibility index (Phi) is 9.20. The van der Waals surface area contributed by atoms with Crippen LogP contribution in [0, 0.1) is 0 Å². The van der Waals surface area contributed by atoms with Gasteiger partial charge in [-0.05, 0) is 24.8 Å². The monoisotopic (exact) mass is 784 g/mol. The van der Waals surface area contributed by atoms with E-state index in [1.165, 1.54) is 5.56 Å². The Morgan fingerprint density at radius 1 is 1.05 bits per heavy atom. The highest BCUT2D eigenvalue weighted by atomic mass is 127. The number of carbonyl (C=O) groups excluding carboxylic acids is 2. The van der Waals surface area contributed by atoms with Crippen LogP contribution in [0.25, 0.3) is 11.4 Å². The number of aromatic nitrogens is 4. The molecular formula is C26H30I2N10O3. The third kappa shape index (κ3) is 6.87. The number of aliphatic imine (C=N–C) groups is 1. The minimum atomic E-state index is -0.500. The standard InChI is InChI=1S/C26H30I2N10O3/c27-12-15-4-6-16(7-5-15)23-33-18(41-37-23)2-1-3-19(39)38-10-8-26(9-11-38)14-31-25(36-26)35-24(40)20-22(30)34-21(29)17(13-28)32-20/h4-7H,1-3,8-14H2,(H4,29,30,34)(H2,31,35,36,40). The Hall–Kier alpha value is -3.09. The summed E-state index contributed by atoms with van der Waals surface area (Å²) < 4.78 is 6.84. The summed E-state index contributed by atoms with van der Waals surface area (Å²) >= 11 is 4.42. The van der Waals surface area contributed by atoms with Crippen LogP contribution >= 0.6 is 45.2 Å². The van der Waals surface area contributed by atoms with Gasteiger partial charge in [0.25, 0.3) is 5.91 Å². The molecule has 0 bridgehead atoms. The van der Waals surface area contributed by atoms with Gasteiger partial charge in [0.15, 0.2) is 17.5 Å². The van der Waals surface area contributed by atoms with Crippen LogP contribution in [0.2, 0.25) is 0 Å². The largest absolute Gasteiger partial charge is 0.382 e. The topological polar surface area (TPSA) is 191 Å². The number of nitrogens with zero attached hydrogens (tertiary/aromatic N) is 6. The number of aryl methyl sites for hydroxylation is 1. The van der Waals surface area contributed by atoms with Crippen molar-refractivity contribution in [1.82, 2.24) is 35.6 Å². The van der Waals surface area contributed by atoms with Crippen LogP contribution in [-0.2, 0) is 20.1 Å². The number of hydrogen-bond acceptors (Lipinski definition) is 11. The lowest BCUT2D eigenvalue weighted by atomic mass is 9.88. The summed E-state index contributed by atoms with van der Waals surface area (Å²) in [4.78, 5) is 44.8. The van der Waals surface area contributed by atoms with Crippen molar-refractivity contribution < 1.29 is 14.1 Å². The number of guanidine groups is 1. The van der Waals surface area contributed by atoms with E-state index in [-0.39, 0.29) is 28.8 Å². The van der Waals surface area contributed by atoms with Gasteiger partial charge in [0, 0.05) is 40.3 Å². The number of nitrogen functional groups attached to an aromatic ring is 2. The molecule has 15 heteroatoms. The fraction of sp³-hybridized carbons (Fsp3) is 0.423. The lowest BCUT2D eigenvalue weighted by Crippen LogP contribution is -2.57. The number of hydrogen-bond donors (Lipinski definition) is 4. The minimum absolute atomic E-state index is 0.0128. The molecule has 1 aromatic carbocycles. The molecule has 0 unspecified atom stereocenters. The summed E-state index contributed by atoms with van der Waals surface area (Å²) in [6, 6.07) is 8.08. The molecule has 2 aliphatic rings. The second kappa shape index (κ2) is 12.8. The lowest BCUT2D eigenvalue weighted by Gasteiger charge is -2.39. The van der Waals surface area contributed by atoms with E-state index < -0.39 is 5.91 Å². The van der Waals surface area contributed by atoms with Crippen LogP contribution in [0.1, 0.15) is 53.3 Å². The molecule has 13 nitrogen and oxygen atoms in total. The first-order valence-corrected chi connectivity index (χ1v) is 16.2. The van der Waals surface area contributed by atoms with Crippen LogP contribution < -0.4 is 22.1 Å². The number of anilines is 2. The number of amides is 2. The number of alkyl halides is 2. The Balaban J connectivity index is 1.06. The first-order chi connectivity index (χ1) is 19.8. The highest BCUT2D eigenvalue weighted by Gasteiger charge is 2.40. The van der Waals surface area contributed by atoms with Crippen molar-refractivity contribution in [3.8, 4) is 11.4 Å². The predicted molar refractivity (Wildman–Crippen MR) is 170 cm³/mol. The summed E-state index contributed by atoms with van der Waals surface area (Å²) in [7, 11) is 0. The van der Waals surface area contributed by atoms with Crippen molar-refractivity contribution in [3.05, 3.63) is 47.1 Å². The molecule has 1 spiro atoms. The smallest absolute Gasteiger partial charge is 0.280 e. The Morgan fingerprint density at radius 3 is 2.51 bits per heavy atom. The average molecular weight is 784 g/mol. The highest BCUT2D eigenvalue weighted by molar-refractivity contribution is 14.1. The van der Waals surface area contributed by atoms with Gasteiger partial charge in [-0.25, -0.2) is 9.97 Å². The van der Waals surface area contributed by atoms with Crippen LogP contribution in [0.4, 0.5) is 11.6 Å². The number of nitrogens with two attached hydrogens (primary N) is 2. The van der Waals surface area contributed by atoms with Gasteiger partial charge in [0.05, 0.1) is 17.8 Å². The van der Waals surface area contributed by atoms with Gasteiger partial charge in [-0.2, -0.15) is 4.98 Å². The molecule has 2 aromatic heterocycles. The maximum atomic E-state index is 12.9. The number of benzene rings is 1. The van der Waals surface area contributed by atoms with E-state index in [0.29, 0.717) is 79.5 Å². The predicted octanol–water partition coefficient (Wildman–Crippen LogP) is 2.63. The second-order valence-electron chi connectivity index (χ2n) is 10.0. The van der Waals surface area contributed by atoms with Crippen molar-refractivity contribution in [1.29, 1.82) is 0 Å². The summed E-state index contributed by atoms with van der Waals surface area (Å²) in [5.74, 6) is 1.23. The van der Waals surface area contributed by atoms with Gasteiger partial charge in [0.1, 0.15) is 5.82 Å². The Bertz CT molecular complexity index is 1450. The van der Waals surface area contributed by atoms with Gasteiger partial charge >= 0.3 is 0 Å². The lowest BCUT2D eigenvalue weighted by molar-refractivity contribution is -0.132. The molecule has 41 heavy (non-hydrogen) atoms. The molecule has 1 fully saturated rings. The van der Waals surface area contributed by atoms with E-state index in [9.17, 15) is 9.59 Å². The summed E-state index contributed by atoms with van der Waals surface area (Å²) in [5.41, 5.74) is 14.0. The van der Waals surface area contributed by atoms with Gasteiger partial charge in [-0.15, -0.1) is 0 Å². The molecule has 5 rings (SSSR count). The second-order valence-corrected chi connectivity index (χ2v) is 11.5. The molecule has 3 aromatic rings. The quantitative estimate of drug-likeness (QED) is 0.195. The molecule has 0 radical (unpaired) electrons. The maximum Gasteiger partial charge on any atom is 0.280 e. The fourth-order valence-corrected chi connectivity index (χ4v) is 5.86. The number of rotatable bonds is 8. The van der Waals surface area contributed by atoms with E-state index in [0.717, 1.165) is 9.99 Å². The van der Waals surface area contributed by atoms with Crippen molar-refractivity contribution in [2.45, 2.75) is 46.5 Å². The average Bonchev–Trinajstić information content (AvgIpc) is 3.60. The number of halogens is 2. The van der Waals surface area contributed by atoms with E-state index in [2.05, 4.69) is 93.0 Å². The van der Waals surface area contributed by atoms with Crippen LogP contribution in [0.3, 0.4) is 0 Å². The van der Waals surface area contributed by atoms with Gasteiger partial charge in [-0.1, -0.05) is 74.6 Å². The first kappa shape index (κ1) is 29.4. The molecule has 2 aliphatic heterocycles. The number of carbonyl (C=O) groups is 2. The van der Waals surface area contributed by atoms with Crippen LogP contribution in [-0.4, -0.2) is 68.0 Å². The van der Waals surface area contributed by atoms with Crippen molar-refractivity contribution in [3.63, 3.8) is 0 Å². The summed E-state index contributed by atoms with van der Waals surface area (Å²) in [5, 5.41) is 10.2. The summed E-state index contributed by atoms with van der Waals surface area (Å²) in [6.07, 6.45) is 3.01. The molecule has 2 amide bonds. The van der Waals surface area contributed by atoms with Gasteiger partial charge in [-0.3, -0.25) is 19.9 Å². The Morgan fingerprint density at radius 2 is 1.80 bits per heavy atom. The number of nitrogens with one attached hydrogen (secondary N) is 2. The first-order valence-electron chi connectivity index (χ1n) is 13.2. The molecular weight excluding hydrogens is 754 g/mol. The minimum Gasteiger partial charge on any atom is -0.382 e. The van der Waals surface area contributed by atoms with E-state index in [1.807, 2.05) is 17.0 Å². The number of piperidine rings is 1. The SMILES string of the molecule is Nc1nc(N)c(C(=O)NC2=NCC3(CCN(C(=O)CCCc4nc(-c5ccc(CI)cc5)no4)CC3)N2)nc1CI. The molecule has 216 valence electrons. The van der Waals surface area contributed by atoms with E-state index >= 15 is 0 Å². The fourth-order valence-electron chi connectivity index (χ4n) is 4.79. The zero-order valence-corrected chi connectivity index (χ0v) is 26.5. The van der Waals surface area contributed by atoms with Gasteiger partial charge in [0.2, 0.25) is 17.6 Å². The maximum absolute atomic E-state index is 12.9. The molecule has 0 saturated carbocycles. The molecule has 6 N–H and O–H groups in total. The third-order valence-electron chi connectivity index (χ3n) is 7.21. The van der Waals surface area contributed by atoms with Crippen molar-refractivity contribution in [2.24, 2.45) is 4.99 Å². The molecule has 1 saturated heterocycles. The van der Waals surface area contributed by atoms with Crippen molar-refractivity contribution >= 4 is 74.6 Å². The van der Waals surface area contributed by atoms with E-state index in [4.69, 9.17) is 16.0 Å². The normalized spacial score (nSPS) is 16.0.